The monoisotopic (exact) mass is 393 g/mol. The van der Waals surface area contributed by atoms with Gasteiger partial charge in [0, 0.05) is 16.2 Å². The number of carbonyl (C=O) groups is 1. The molecule has 1 heterocycles. The standard InChI is InChI=1S/C11H9BrClN3O4S/c1-5-2-9(15-14-5)16-21(19,20)6-3-7(11(17)18)10(13)8(12)4-6/h2-4H,1H3,(H,17,18)(H2,14,15,16). The van der Waals surface area contributed by atoms with E-state index in [0.29, 0.717) is 5.69 Å². The topological polar surface area (TPSA) is 112 Å². The molecule has 0 unspecified atom stereocenters. The van der Waals surface area contributed by atoms with Gasteiger partial charge in [-0.15, -0.1) is 0 Å². The molecule has 0 fully saturated rings. The first-order chi connectivity index (χ1) is 9.70. The van der Waals surface area contributed by atoms with Crippen molar-refractivity contribution in [3.05, 3.63) is 39.0 Å². The molecule has 0 radical (unpaired) electrons. The zero-order valence-electron chi connectivity index (χ0n) is 10.5. The number of nitrogens with one attached hydrogen (secondary N) is 2. The van der Waals surface area contributed by atoms with Crippen LogP contribution in [0.3, 0.4) is 0 Å². The van der Waals surface area contributed by atoms with Crippen LogP contribution in [0.2, 0.25) is 5.02 Å². The molecule has 2 rings (SSSR count). The summed E-state index contributed by atoms with van der Waals surface area (Å²) in [6, 6.07) is 3.70. The Hall–Kier alpha value is -1.58. The first-order valence-electron chi connectivity index (χ1n) is 5.48. The number of aromatic amines is 1. The van der Waals surface area contributed by atoms with Gasteiger partial charge in [0.1, 0.15) is 0 Å². The van der Waals surface area contributed by atoms with Crippen molar-refractivity contribution < 1.29 is 18.3 Å². The Labute approximate surface area is 133 Å². The van der Waals surface area contributed by atoms with Crippen LogP contribution in [0.25, 0.3) is 0 Å². The van der Waals surface area contributed by atoms with E-state index in [4.69, 9.17) is 16.7 Å². The molecule has 10 heteroatoms. The van der Waals surface area contributed by atoms with Crippen molar-refractivity contribution in [1.82, 2.24) is 10.2 Å². The Morgan fingerprint density at radius 2 is 2.10 bits per heavy atom. The van der Waals surface area contributed by atoms with E-state index in [1.54, 1.807) is 6.92 Å². The number of hydrogen-bond donors (Lipinski definition) is 3. The summed E-state index contributed by atoms with van der Waals surface area (Å²) < 4.78 is 26.9. The third-order valence-electron chi connectivity index (χ3n) is 2.49. The lowest BCUT2D eigenvalue weighted by Gasteiger charge is -2.08. The molecular weight excluding hydrogens is 386 g/mol. The Bertz CT molecular complexity index is 819. The van der Waals surface area contributed by atoms with Gasteiger partial charge in [-0.3, -0.25) is 9.82 Å². The fourth-order valence-corrected chi connectivity index (χ4v) is 3.39. The van der Waals surface area contributed by atoms with Crippen LogP contribution >= 0.6 is 27.5 Å². The number of nitrogens with zero attached hydrogens (tertiary/aromatic N) is 1. The van der Waals surface area contributed by atoms with Gasteiger partial charge in [-0.25, -0.2) is 13.2 Å². The van der Waals surface area contributed by atoms with Crippen LogP contribution in [0, 0.1) is 6.92 Å². The van der Waals surface area contributed by atoms with Crippen molar-refractivity contribution in [3.63, 3.8) is 0 Å². The highest BCUT2D eigenvalue weighted by molar-refractivity contribution is 9.10. The lowest BCUT2D eigenvalue weighted by Crippen LogP contribution is -2.14. The second-order valence-electron chi connectivity index (χ2n) is 4.11. The molecule has 0 aliphatic heterocycles. The number of carboxylic acids is 1. The minimum absolute atomic E-state index is 0.0722. The number of benzene rings is 1. The van der Waals surface area contributed by atoms with Crippen LogP contribution in [0.4, 0.5) is 5.82 Å². The summed E-state index contributed by atoms with van der Waals surface area (Å²) in [5, 5.41) is 15.3. The summed E-state index contributed by atoms with van der Waals surface area (Å²) in [5.74, 6) is -1.22. The van der Waals surface area contributed by atoms with E-state index in [1.165, 1.54) is 12.1 Å². The van der Waals surface area contributed by atoms with E-state index >= 15 is 0 Å². The van der Waals surface area contributed by atoms with Gasteiger partial charge in [0.15, 0.2) is 5.82 Å². The van der Waals surface area contributed by atoms with E-state index in [-0.39, 0.29) is 25.8 Å². The minimum Gasteiger partial charge on any atom is -0.478 e. The molecule has 0 atom stereocenters. The molecule has 0 spiro atoms. The molecule has 112 valence electrons. The van der Waals surface area contributed by atoms with E-state index in [2.05, 4.69) is 30.8 Å². The lowest BCUT2D eigenvalue weighted by molar-refractivity contribution is 0.0696. The third-order valence-corrected chi connectivity index (χ3v) is 5.08. The summed E-state index contributed by atoms with van der Waals surface area (Å²) in [4.78, 5) is 10.8. The number of H-pyrrole nitrogens is 1. The molecule has 3 N–H and O–H groups in total. The summed E-state index contributed by atoms with van der Waals surface area (Å²) in [6.45, 7) is 1.71. The Morgan fingerprint density at radius 3 is 2.62 bits per heavy atom. The zero-order chi connectivity index (χ0) is 15.8. The largest absolute Gasteiger partial charge is 0.478 e. The van der Waals surface area contributed by atoms with Crippen LogP contribution in [-0.4, -0.2) is 29.7 Å². The fourth-order valence-electron chi connectivity index (χ4n) is 1.54. The highest BCUT2D eigenvalue weighted by atomic mass is 79.9. The molecule has 21 heavy (non-hydrogen) atoms. The molecule has 1 aromatic heterocycles. The van der Waals surface area contributed by atoms with Gasteiger partial charge in [0.25, 0.3) is 10.0 Å². The van der Waals surface area contributed by atoms with Gasteiger partial charge in [0.2, 0.25) is 0 Å². The maximum Gasteiger partial charge on any atom is 0.337 e. The quantitative estimate of drug-likeness (QED) is 0.738. The predicted octanol–water partition coefficient (Wildman–Crippen LogP) is 2.63. The van der Waals surface area contributed by atoms with E-state index in [1.807, 2.05) is 0 Å². The summed E-state index contributed by atoms with van der Waals surface area (Å²) >= 11 is 8.85. The van der Waals surface area contributed by atoms with Crippen LogP contribution in [0.15, 0.2) is 27.6 Å². The molecular formula is C11H9BrClN3O4S. The number of hydrogen-bond acceptors (Lipinski definition) is 4. The van der Waals surface area contributed by atoms with Gasteiger partial charge < -0.3 is 5.11 Å². The van der Waals surface area contributed by atoms with Gasteiger partial charge in [-0.05, 0) is 35.0 Å². The average Bonchev–Trinajstić information content (AvgIpc) is 2.76. The first kappa shape index (κ1) is 15.8. The zero-order valence-corrected chi connectivity index (χ0v) is 13.7. The van der Waals surface area contributed by atoms with Crippen LogP contribution < -0.4 is 4.72 Å². The number of halogens is 2. The van der Waals surface area contributed by atoms with E-state index < -0.39 is 16.0 Å². The van der Waals surface area contributed by atoms with Crippen molar-refractivity contribution in [1.29, 1.82) is 0 Å². The SMILES string of the molecule is Cc1cc(NS(=O)(=O)c2cc(Br)c(Cl)c(C(=O)O)c2)n[nH]1. The van der Waals surface area contributed by atoms with Crippen LogP contribution in [-0.2, 0) is 10.0 Å². The smallest absolute Gasteiger partial charge is 0.337 e. The minimum atomic E-state index is -3.98. The molecule has 0 aliphatic rings. The molecule has 7 nitrogen and oxygen atoms in total. The fraction of sp³-hybridized carbons (Fsp3) is 0.0909. The number of anilines is 1. The Morgan fingerprint density at radius 1 is 1.43 bits per heavy atom. The normalized spacial score (nSPS) is 11.4. The van der Waals surface area contributed by atoms with Crippen molar-refractivity contribution in [2.45, 2.75) is 11.8 Å². The van der Waals surface area contributed by atoms with Crippen LogP contribution in [0.1, 0.15) is 16.1 Å². The second kappa shape index (κ2) is 5.66. The second-order valence-corrected chi connectivity index (χ2v) is 7.03. The number of carboxylic acid groups (broad SMARTS) is 1. The van der Waals surface area contributed by atoms with Gasteiger partial charge in [-0.2, -0.15) is 5.10 Å². The highest BCUT2D eigenvalue weighted by Gasteiger charge is 2.21. The molecule has 0 bridgehead atoms. The number of aromatic nitrogens is 2. The molecule has 1 aromatic carbocycles. The maximum atomic E-state index is 12.2. The molecule has 0 amide bonds. The lowest BCUT2D eigenvalue weighted by atomic mass is 10.2. The molecule has 0 aliphatic carbocycles. The van der Waals surface area contributed by atoms with E-state index in [0.717, 1.165) is 6.07 Å². The Kier molecular flexibility index (Phi) is 4.26. The average molecular weight is 395 g/mol. The van der Waals surface area contributed by atoms with Crippen LogP contribution in [0.5, 0.6) is 0 Å². The van der Waals surface area contributed by atoms with Crippen molar-refractivity contribution in [2.75, 3.05) is 4.72 Å². The maximum absolute atomic E-state index is 12.2. The summed E-state index contributed by atoms with van der Waals surface area (Å²) in [6.07, 6.45) is 0. The first-order valence-corrected chi connectivity index (χ1v) is 8.13. The molecule has 0 saturated carbocycles. The van der Waals surface area contributed by atoms with Crippen molar-refractivity contribution in [2.24, 2.45) is 0 Å². The van der Waals surface area contributed by atoms with Gasteiger partial charge >= 0.3 is 5.97 Å². The van der Waals surface area contributed by atoms with Crippen molar-refractivity contribution in [3.8, 4) is 0 Å². The number of aryl methyl sites for hydroxylation is 1. The highest BCUT2D eigenvalue weighted by Crippen LogP contribution is 2.30. The van der Waals surface area contributed by atoms with Gasteiger partial charge in [0.05, 0.1) is 15.5 Å². The Balaban J connectivity index is 2.47. The third kappa shape index (κ3) is 3.36. The predicted molar refractivity (Wildman–Crippen MR) is 80.2 cm³/mol. The summed E-state index contributed by atoms with van der Waals surface area (Å²) in [5.41, 5.74) is 0.362. The number of sulfonamides is 1. The molecule has 0 saturated heterocycles. The van der Waals surface area contributed by atoms with Crippen molar-refractivity contribution >= 4 is 49.3 Å². The number of aromatic carboxylic acids is 1. The van der Waals surface area contributed by atoms with Gasteiger partial charge in [-0.1, -0.05) is 11.6 Å². The summed E-state index contributed by atoms with van der Waals surface area (Å²) in [7, 11) is -3.98. The number of rotatable bonds is 4. The molecule has 2 aromatic rings. The van der Waals surface area contributed by atoms with E-state index in [9.17, 15) is 13.2 Å².